The van der Waals surface area contributed by atoms with Crippen molar-refractivity contribution >= 4 is 39.2 Å². The second kappa shape index (κ2) is 9.53. The lowest BCUT2D eigenvalue weighted by Gasteiger charge is -2.17. The van der Waals surface area contributed by atoms with Crippen LogP contribution in [0.5, 0.6) is 5.75 Å². The van der Waals surface area contributed by atoms with Gasteiger partial charge in [-0.05, 0) is 65.3 Å². The van der Waals surface area contributed by atoms with E-state index in [9.17, 15) is 4.79 Å². The zero-order chi connectivity index (χ0) is 18.2. The summed E-state index contributed by atoms with van der Waals surface area (Å²) in [6.07, 6.45) is 0.925. The summed E-state index contributed by atoms with van der Waals surface area (Å²) in [6.45, 7) is 4.67. The highest BCUT2D eigenvalue weighted by Crippen LogP contribution is 2.26. The first-order valence-corrected chi connectivity index (χ1v) is 9.30. The number of benzene rings is 2. The monoisotopic (exact) mass is 420 g/mol. The fourth-order valence-corrected chi connectivity index (χ4v) is 2.97. The van der Waals surface area contributed by atoms with Crippen LogP contribution >= 0.6 is 28.1 Å². The maximum absolute atomic E-state index is 12.4. The Balaban J connectivity index is 1.94. The van der Waals surface area contributed by atoms with E-state index < -0.39 is 0 Å². The quantitative estimate of drug-likeness (QED) is 0.670. The lowest BCUT2D eigenvalue weighted by atomic mass is 10.1. The molecule has 0 heterocycles. The summed E-state index contributed by atoms with van der Waals surface area (Å²) in [5.74, 6) is 0.456. The molecule has 25 heavy (non-hydrogen) atoms. The van der Waals surface area contributed by atoms with Gasteiger partial charge in [-0.1, -0.05) is 37.3 Å². The second-order valence-electron chi connectivity index (χ2n) is 5.55. The van der Waals surface area contributed by atoms with Gasteiger partial charge in [0.15, 0.2) is 5.11 Å². The molecule has 2 aromatic rings. The molecule has 132 valence electrons. The highest BCUT2D eigenvalue weighted by atomic mass is 79.9. The van der Waals surface area contributed by atoms with Crippen molar-refractivity contribution in [2.75, 3.05) is 6.61 Å². The summed E-state index contributed by atoms with van der Waals surface area (Å²) >= 11 is 8.67. The number of thiocarbonyl (C=S) groups is 1. The molecule has 0 spiro atoms. The third kappa shape index (κ3) is 5.83. The minimum atomic E-state index is -0.263. The largest absolute Gasteiger partial charge is 0.492 e. The van der Waals surface area contributed by atoms with Crippen LogP contribution in [0, 0.1) is 0 Å². The van der Waals surface area contributed by atoms with Gasteiger partial charge in [-0.25, -0.2) is 0 Å². The molecule has 6 heteroatoms. The van der Waals surface area contributed by atoms with E-state index in [1.54, 1.807) is 18.2 Å². The predicted molar refractivity (Wildman–Crippen MR) is 108 cm³/mol. The van der Waals surface area contributed by atoms with Crippen molar-refractivity contribution in [1.82, 2.24) is 10.6 Å². The highest BCUT2D eigenvalue weighted by molar-refractivity contribution is 9.10. The van der Waals surface area contributed by atoms with Crippen molar-refractivity contribution < 1.29 is 9.53 Å². The average Bonchev–Trinajstić information content (AvgIpc) is 2.61. The third-order valence-corrected chi connectivity index (χ3v) is 4.37. The van der Waals surface area contributed by atoms with E-state index in [0.29, 0.717) is 17.3 Å². The number of ether oxygens (including phenoxy) is 1. The molecule has 0 aliphatic heterocycles. The Hall–Kier alpha value is -1.92. The van der Waals surface area contributed by atoms with Crippen LogP contribution in [0.4, 0.5) is 0 Å². The first kappa shape index (κ1) is 19.4. The fourth-order valence-electron chi connectivity index (χ4n) is 2.20. The van der Waals surface area contributed by atoms with Gasteiger partial charge in [-0.3, -0.25) is 10.1 Å². The smallest absolute Gasteiger partial charge is 0.257 e. The predicted octanol–water partition coefficient (Wildman–Crippen LogP) is 4.60. The Labute approximate surface area is 162 Å². The molecule has 2 aromatic carbocycles. The van der Waals surface area contributed by atoms with Crippen LogP contribution in [0.3, 0.4) is 0 Å². The standard InChI is InChI=1S/C19H21BrN2O2S/c1-3-11-24-17-10-9-15(12-16(17)20)18(23)22-19(25)21-13(2)14-7-5-4-6-8-14/h4-10,12-13H,3,11H2,1-2H3,(H2,21,22,23,25). The maximum Gasteiger partial charge on any atom is 0.257 e. The summed E-state index contributed by atoms with van der Waals surface area (Å²) < 4.78 is 6.33. The number of rotatable bonds is 6. The molecule has 1 unspecified atom stereocenters. The average molecular weight is 421 g/mol. The first-order chi connectivity index (χ1) is 12.0. The third-order valence-electron chi connectivity index (χ3n) is 3.53. The lowest BCUT2D eigenvalue weighted by molar-refractivity contribution is 0.0976. The highest BCUT2D eigenvalue weighted by Gasteiger charge is 2.12. The van der Waals surface area contributed by atoms with Gasteiger partial charge in [-0.15, -0.1) is 0 Å². The minimum Gasteiger partial charge on any atom is -0.492 e. The Kier molecular flexibility index (Phi) is 7.40. The molecule has 4 nitrogen and oxygen atoms in total. The molecular weight excluding hydrogens is 400 g/mol. The number of hydrogen-bond acceptors (Lipinski definition) is 3. The molecule has 0 saturated heterocycles. The molecule has 2 rings (SSSR count). The van der Waals surface area contributed by atoms with Gasteiger partial charge in [-0.2, -0.15) is 0 Å². The van der Waals surface area contributed by atoms with Crippen molar-refractivity contribution in [2.24, 2.45) is 0 Å². The Morgan fingerprint density at radius 3 is 2.60 bits per heavy atom. The molecule has 0 aromatic heterocycles. The van der Waals surface area contributed by atoms with E-state index >= 15 is 0 Å². The number of carbonyl (C=O) groups is 1. The van der Waals surface area contributed by atoms with Gasteiger partial charge < -0.3 is 10.1 Å². The Morgan fingerprint density at radius 1 is 1.24 bits per heavy atom. The second-order valence-corrected chi connectivity index (χ2v) is 6.82. The Bertz CT molecular complexity index is 737. The number of amides is 1. The van der Waals surface area contributed by atoms with Crippen molar-refractivity contribution in [3.63, 3.8) is 0 Å². The minimum absolute atomic E-state index is 0.00514. The molecule has 0 aliphatic carbocycles. The summed E-state index contributed by atoms with van der Waals surface area (Å²) in [7, 11) is 0. The van der Waals surface area contributed by atoms with Crippen molar-refractivity contribution in [2.45, 2.75) is 26.3 Å². The maximum atomic E-state index is 12.4. The van der Waals surface area contributed by atoms with E-state index in [1.807, 2.05) is 44.2 Å². The topological polar surface area (TPSA) is 50.4 Å². The summed E-state index contributed by atoms with van der Waals surface area (Å²) in [6, 6.07) is 15.1. The molecule has 0 bridgehead atoms. The fraction of sp³-hybridized carbons (Fsp3) is 0.263. The molecule has 1 atom stereocenters. The zero-order valence-electron chi connectivity index (χ0n) is 14.2. The summed E-state index contributed by atoms with van der Waals surface area (Å²) in [4.78, 5) is 12.4. The van der Waals surface area contributed by atoms with Crippen LogP contribution in [0.1, 0.15) is 42.2 Å². The van der Waals surface area contributed by atoms with Gasteiger partial charge in [0.05, 0.1) is 17.1 Å². The molecule has 0 fully saturated rings. The van der Waals surface area contributed by atoms with Crippen LogP contribution in [0.2, 0.25) is 0 Å². The van der Waals surface area contributed by atoms with Gasteiger partial charge in [0.25, 0.3) is 5.91 Å². The normalized spacial score (nSPS) is 11.5. The molecule has 0 radical (unpaired) electrons. The summed E-state index contributed by atoms with van der Waals surface area (Å²) in [5.41, 5.74) is 1.60. The van der Waals surface area contributed by atoms with E-state index in [2.05, 4.69) is 26.6 Å². The van der Waals surface area contributed by atoms with Crippen molar-refractivity contribution in [3.8, 4) is 5.75 Å². The number of carbonyl (C=O) groups excluding carboxylic acids is 1. The zero-order valence-corrected chi connectivity index (χ0v) is 16.6. The molecular formula is C19H21BrN2O2S. The van der Waals surface area contributed by atoms with Crippen LogP contribution < -0.4 is 15.4 Å². The number of halogens is 1. The Morgan fingerprint density at radius 2 is 1.96 bits per heavy atom. The van der Waals surface area contributed by atoms with E-state index in [0.717, 1.165) is 22.2 Å². The SMILES string of the molecule is CCCOc1ccc(C(=O)NC(=S)NC(C)c2ccccc2)cc1Br. The van der Waals surface area contributed by atoms with Crippen molar-refractivity contribution in [3.05, 3.63) is 64.1 Å². The van der Waals surface area contributed by atoms with Crippen LogP contribution in [-0.4, -0.2) is 17.6 Å². The molecule has 2 N–H and O–H groups in total. The lowest BCUT2D eigenvalue weighted by Crippen LogP contribution is -2.40. The van der Waals surface area contributed by atoms with E-state index in [1.165, 1.54) is 0 Å². The number of nitrogens with one attached hydrogen (secondary N) is 2. The van der Waals surface area contributed by atoms with Gasteiger partial charge in [0.1, 0.15) is 5.75 Å². The van der Waals surface area contributed by atoms with Crippen LogP contribution in [0.25, 0.3) is 0 Å². The molecule has 1 amide bonds. The van der Waals surface area contributed by atoms with Gasteiger partial charge in [0, 0.05) is 5.56 Å². The first-order valence-electron chi connectivity index (χ1n) is 8.10. The molecule has 0 aliphatic rings. The van der Waals surface area contributed by atoms with Crippen LogP contribution in [-0.2, 0) is 0 Å². The molecule has 0 saturated carbocycles. The van der Waals surface area contributed by atoms with Crippen molar-refractivity contribution in [1.29, 1.82) is 0 Å². The summed E-state index contributed by atoms with van der Waals surface area (Å²) in [5, 5.41) is 6.12. The van der Waals surface area contributed by atoms with Crippen LogP contribution in [0.15, 0.2) is 53.0 Å². The van der Waals surface area contributed by atoms with Gasteiger partial charge >= 0.3 is 0 Å². The van der Waals surface area contributed by atoms with E-state index in [-0.39, 0.29) is 11.9 Å². The van der Waals surface area contributed by atoms with Gasteiger partial charge in [0.2, 0.25) is 0 Å². The van der Waals surface area contributed by atoms with E-state index in [4.69, 9.17) is 17.0 Å². The number of hydrogen-bond donors (Lipinski definition) is 2.